The van der Waals surface area contributed by atoms with E-state index in [4.69, 9.17) is 9.47 Å². The van der Waals surface area contributed by atoms with Gasteiger partial charge in [0.05, 0.1) is 12.7 Å². The second-order valence-corrected chi connectivity index (χ2v) is 5.50. The lowest BCUT2D eigenvalue weighted by Gasteiger charge is -2.48. The van der Waals surface area contributed by atoms with Gasteiger partial charge in [0.2, 0.25) is 0 Å². The Balaban J connectivity index is 1.91. The molecule has 2 unspecified atom stereocenters. The molecule has 1 fully saturated rings. The second-order valence-electron chi connectivity index (χ2n) is 5.50. The summed E-state index contributed by atoms with van der Waals surface area (Å²) in [4.78, 5) is 0. The van der Waals surface area contributed by atoms with E-state index in [2.05, 4.69) is 6.92 Å². The van der Waals surface area contributed by atoms with Crippen molar-refractivity contribution in [3.63, 3.8) is 0 Å². The molecule has 1 aliphatic rings. The van der Waals surface area contributed by atoms with E-state index in [1.807, 2.05) is 38.1 Å². The number of aliphatic hydroxyl groups excluding tert-OH is 1. The van der Waals surface area contributed by atoms with E-state index in [9.17, 15) is 5.11 Å². The first-order chi connectivity index (χ1) is 8.54. The third kappa shape index (κ3) is 2.61. The Bertz CT molecular complexity index is 383. The van der Waals surface area contributed by atoms with Crippen molar-refractivity contribution < 1.29 is 14.6 Å². The molecular weight excluding hydrogens is 228 g/mol. The third-order valence-electron chi connectivity index (χ3n) is 3.70. The summed E-state index contributed by atoms with van der Waals surface area (Å²) in [5.41, 5.74) is -0.155. The van der Waals surface area contributed by atoms with Crippen molar-refractivity contribution in [3.8, 4) is 11.5 Å². The highest BCUT2D eigenvalue weighted by atomic mass is 16.5. The maximum absolute atomic E-state index is 9.67. The summed E-state index contributed by atoms with van der Waals surface area (Å²) >= 11 is 0. The average molecular weight is 250 g/mol. The number of hydrogen-bond donors (Lipinski definition) is 1. The van der Waals surface area contributed by atoms with Crippen molar-refractivity contribution in [1.82, 2.24) is 0 Å². The summed E-state index contributed by atoms with van der Waals surface area (Å²) in [7, 11) is 0. The molecule has 2 atom stereocenters. The Hall–Kier alpha value is -1.22. The summed E-state index contributed by atoms with van der Waals surface area (Å²) in [6, 6.07) is 7.69. The fraction of sp³-hybridized carbons (Fsp3) is 0.600. The van der Waals surface area contributed by atoms with Gasteiger partial charge in [-0.2, -0.15) is 0 Å². The standard InChI is InChI=1S/C15H22O3/c1-4-9-17-11-5-7-12(8-6-11)18-14-10-13(16)15(14,2)3/h5-8,13-14,16H,4,9-10H2,1-3H3. The van der Waals surface area contributed by atoms with Crippen molar-refractivity contribution >= 4 is 0 Å². The lowest BCUT2D eigenvalue weighted by molar-refractivity contribution is -0.134. The second kappa shape index (κ2) is 5.19. The number of rotatable bonds is 5. The molecule has 0 radical (unpaired) electrons. The number of hydrogen-bond acceptors (Lipinski definition) is 3. The van der Waals surface area contributed by atoms with Crippen molar-refractivity contribution in [3.05, 3.63) is 24.3 Å². The first-order valence-corrected chi connectivity index (χ1v) is 6.61. The van der Waals surface area contributed by atoms with E-state index in [1.54, 1.807) is 0 Å². The minimum atomic E-state index is -0.255. The van der Waals surface area contributed by atoms with Gasteiger partial charge in [0.25, 0.3) is 0 Å². The summed E-state index contributed by atoms with van der Waals surface area (Å²) in [5, 5.41) is 9.67. The molecule has 0 bridgehead atoms. The zero-order valence-electron chi connectivity index (χ0n) is 11.3. The monoisotopic (exact) mass is 250 g/mol. The molecule has 1 aliphatic carbocycles. The number of aliphatic hydroxyl groups is 1. The zero-order chi connectivity index (χ0) is 13.2. The maximum atomic E-state index is 9.67. The third-order valence-corrected chi connectivity index (χ3v) is 3.70. The topological polar surface area (TPSA) is 38.7 Å². The highest BCUT2D eigenvalue weighted by molar-refractivity contribution is 5.31. The largest absolute Gasteiger partial charge is 0.494 e. The van der Waals surface area contributed by atoms with Gasteiger partial charge in [0.1, 0.15) is 17.6 Å². The molecule has 0 spiro atoms. The molecular formula is C15H22O3. The smallest absolute Gasteiger partial charge is 0.120 e. The van der Waals surface area contributed by atoms with Crippen molar-refractivity contribution in [1.29, 1.82) is 0 Å². The van der Waals surface area contributed by atoms with Crippen LogP contribution in [0.5, 0.6) is 11.5 Å². The Morgan fingerprint density at radius 3 is 2.33 bits per heavy atom. The van der Waals surface area contributed by atoms with Gasteiger partial charge in [0.15, 0.2) is 0 Å². The van der Waals surface area contributed by atoms with E-state index in [0.29, 0.717) is 6.42 Å². The average Bonchev–Trinajstić information content (AvgIpc) is 2.37. The Morgan fingerprint density at radius 1 is 1.22 bits per heavy atom. The highest BCUT2D eigenvalue weighted by Crippen LogP contribution is 2.42. The Kier molecular flexibility index (Phi) is 3.81. The summed E-state index contributed by atoms with van der Waals surface area (Å²) in [5.74, 6) is 1.71. The number of benzene rings is 1. The fourth-order valence-corrected chi connectivity index (χ4v) is 2.06. The van der Waals surface area contributed by atoms with Crippen LogP contribution in [0.25, 0.3) is 0 Å². The van der Waals surface area contributed by atoms with Crippen LogP contribution in [-0.4, -0.2) is 23.9 Å². The lowest BCUT2D eigenvalue weighted by atomic mass is 9.66. The van der Waals surface area contributed by atoms with Gasteiger partial charge in [-0.25, -0.2) is 0 Å². The van der Waals surface area contributed by atoms with Gasteiger partial charge in [-0.1, -0.05) is 20.8 Å². The van der Waals surface area contributed by atoms with Crippen molar-refractivity contribution in [2.45, 2.75) is 45.8 Å². The predicted octanol–water partition coefficient (Wildman–Crippen LogP) is 3.01. The van der Waals surface area contributed by atoms with Crippen LogP contribution in [0.2, 0.25) is 0 Å². The molecule has 0 aromatic heterocycles. The fourth-order valence-electron chi connectivity index (χ4n) is 2.06. The molecule has 3 heteroatoms. The van der Waals surface area contributed by atoms with E-state index in [-0.39, 0.29) is 17.6 Å². The van der Waals surface area contributed by atoms with Crippen LogP contribution in [0.1, 0.15) is 33.6 Å². The molecule has 18 heavy (non-hydrogen) atoms. The van der Waals surface area contributed by atoms with E-state index in [0.717, 1.165) is 24.5 Å². The molecule has 3 nitrogen and oxygen atoms in total. The van der Waals surface area contributed by atoms with Crippen LogP contribution >= 0.6 is 0 Å². The first kappa shape index (κ1) is 13.2. The van der Waals surface area contributed by atoms with Crippen LogP contribution in [0.3, 0.4) is 0 Å². The van der Waals surface area contributed by atoms with Gasteiger partial charge < -0.3 is 14.6 Å². The summed E-state index contributed by atoms with van der Waals surface area (Å²) in [6.45, 7) is 6.89. The minimum absolute atomic E-state index is 0.0925. The SMILES string of the molecule is CCCOc1ccc(OC2CC(O)C2(C)C)cc1. The summed E-state index contributed by atoms with van der Waals surface area (Å²) < 4.78 is 11.4. The van der Waals surface area contributed by atoms with E-state index < -0.39 is 0 Å². The number of ether oxygens (including phenoxy) is 2. The lowest BCUT2D eigenvalue weighted by Crippen LogP contribution is -2.56. The molecule has 1 saturated carbocycles. The Labute approximate surface area is 109 Å². The van der Waals surface area contributed by atoms with Crippen molar-refractivity contribution in [2.75, 3.05) is 6.61 Å². The van der Waals surface area contributed by atoms with Crippen LogP contribution in [0.15, 0.2) is 24.3 Å². The molecule has 0 heterocycles. The van der Waals surface area contributed by atoms with Gasteiger partial charge in [-0.15, -0.1) is 0 Å². The van der Waals surface area contributed by atoms with E-state index >= 15 is 0 Å². The van der Waals surface area contributed by atoms with Crippen LogP contribution in [0.4, 0.5) is 0 Å². The molecule has 0 saturated heterocycles. The maximum Gasteiger partial charge on any atom is 0.120 e. The molecule has 2 rings (SSSR count). The van der Waals surface area contributed by atoms with Crippen LogP contribution < -0.4 is 9.47 Å². The molecule has 0 amide bonds. The van der Waals surface area contributed by atoms with Gasteiger partial charge in [0, 0.05) is 11.8 Å². The molecule has 100 valence electrons. The quantitative estimate of drug-likeness (QED) is 0.873. The molecule has 1 aromatic rings. The summed E-state index contributed by atoms with van der Waals surface area (Å²) in [6.07, 6.45) is 1.55. The van der Waals surface area contributed by atoms with Crippen LogP contribution in [0, 0.1) is 5.41 Å². The van der Waals surface area contributed by atoms with Crippen molar-refractivity contribution in [2.24, 2.45) is 5.41 Å². The van der Waals surface area contributed by atoms with Gasteiger partial charge >= 0.3 is 0 Å². The Morgan fingerprint density at radius 2 is 1.83 bits per heavy atom. The molecule has 0 aliphatic heterocycles. The first-order valence-electron chi connectivity index (χ1n) is 6.61. The molecule has 1 aromatic carbocycles. The zero-order valence-corrected chi connectivity index (χ0v) is 11.3. The normalized spacial score (nSPS) is 25.3. The van der Waals surface area contributed by atoms with E-state index in [1.165, 1.54) is 0 Å². The minimum Gasteiger partial charge on any atom is -0.494 e. The van der Waals surface area contributed by atoms with Gasteiger partial charge in [-0.3, -0.25) is 0 Å². The predicted molar refractivity (Wildman–Crippen MR) is 71.0 cm³/mol. The molecule has 1 N–H and O–H groups in total. The van der Waals surface area contributed by atoms with Gasteiger partial charge in [-0.05, 0) is 30.7 Å². The highest BCUT2D eigenvalue weighted by Gasteiger charge is 2.49. The van der Waals surface area contributed by atoms with Crippen LogP contribution in [-0.2, 0) is 0 Å².